The average Bonchev–Trinajstić information content (AvgIpc) is 3.55. The van der Waals surface area contributed by atoms with Gasteiger partial charge in [-0.25, -0.2) is 9.97 Å². The van der Waals surface area contributed by atoms with Gasteiger partial charge in [-0.2, -0.15) is 0 Å². The Hall–Kier alpha value is -2.08. The molecule has 5 rings (SSSR count). The van der Waals surface area contributed by atoms with Gasteiger partial charge in [-0.3, -0.25) is 4.90 Å². The summed E-state index contributed by atoms with van der Waals surface area (Å²) in [4.78, 5) is 14.7. The number of anilines is 2. The molecule has 30 heavy (non-hydrogen) atoms. The standard InChI is InChI=1S/C23H25Cl2N5/c1-15-2-7-20-21(12-15)27-22(26-18-4-5-18)23(28-20)30-10-8-29(9-11-30)14-16-13-17(24)3-6-19(16)25/h2-3,6-7,12-13,18H,4-5,8-11,14H2,1H3,(H,26,27). The summed E-state index contributed by atoms with van der Waals surface area (Å²) >= 11 is 12.5. The first-order valence-corrected chi connectivity index (χ1v) is 11.3. The lowest BCUT2D eigenvalue weighted by Crippen LogP contribution is -2.46. The Morgan fingerprint density at radius 1 is 0.967 bits per heavy atom. The summed E-state index contributed by atoms with van der Waals surface area (Å²) < 4.78 is 0. The number of nitrogens with one attached hydrogen (secondary N) is 1. The highest BCUT2D eigenvalue weighted by atomic mass is 35.5. The number of aromatic nitrogens is 2. The lowest BCUT2D eigenvalue weighted by atomic mass is 10.2. The Bertz CT molecular complexity index is 1070. The minimum absolute atomic E-state index is 0.534. The number of hydrogen-bond acceptors (Lipinski definition) is 5. The molecular weight excluding hydrogens is 417 g/mol. The van der Waals surface area contributed by atoms with Crippen LogP contribution in [0.15, 0.2) is 36.4 Å². The number of fused-ring (bicyclic) bond motifs is 1. The van der Waals surface area contributed by atoms with Crippen LogP contribution in [0.4, 0.5) is 11.6 Å². The number of halogens is 2. The van der Waals surface area contributed by atoms with E-state index in [0.717, 1.165) is 71.0 Å². The molecule has 0 amide bonds. The van der Waals surface area contributed by atoms with Gasteiger partial charge in [0, 0.05) is 48.8 Å². The van der Waals surface area contributed by atoms with Crippen molar-refractivity contribution in [2.45, 2.75) is 32.4 Å². The molecule has 5 nitrogen and oxygen atoms in total. The van der Waals surface area contributed by atoms with Gasteiger partial charge in [-0.15, -0.1) is 0 Å². The van der Waals surface area contributed by atoms with Gasteiger partial charge in [-0.1, -0.05) is 29.3 Å². The van der Waals surface area contributed by atoms with Crippen LogP contribution < -0.4 is 10.2 Å². The van der Waals surface area contributed by atoms with Crippen molar-refractivity contribution in [2.24, 2.45) is 0 Å². The average molecular weight is 442 g/mol. The van der Waals surface area contributed by atoms with E-state index < -0.39 is 0 Å². The zero-order valence-corrected chi connectivity index (χ0v) is 18.5. The highest BCUT2D eigenvalue weighted by Crippen LogP contribution is 2.32. The summed E-state index contributed by atoms with van der Waals surface area (Å²) in [7, 11) is 0. The fourth-order valence-corrected chi connectivity index (χ4v) is 4.29. The van der Waals surface area contributed by atoms with Crippen LogP contribution in [0.1, 0.15) is 24.0 Å². The Kier molecular flexibility index (Phi) is 5.44. The van der Waals surface area contributed by atoms with E-state index in [1.165, 1.54) is 18.4 Å². The number of benzene rings is 2. The lowest BCUT2D eigenvalue weighted by molar-refractivity contribution is 0.249. The maximum atomic E-state index is 6.36. The third-order valence-corrected chi connectivity index (χ3v) is 6.40. The normalized spacial score (nSPS) is 17.5. The van der Waals surface area contributed by atoms with E-state index in [4.69, 9.17) is 33.2 Å². The summed E-state index contributed by atoms with van der Waals surface area (Å²) in [5.74, 6) is 1.89. The SMILES string of the molecule is Cc1ccc2nc(N3CCN(Cc4cc(Cl)ccc4Cl)CC3)c(NC3CC3)nc2c1. The number of aryl methyl sites for hydroxylation is 1. The minimum Gasteiger partial charge on any atom is -0.364 e. The molecule has 7 heteroatoms. The van der Waals surface area contributed by atoms with E-state index in [1.54, 1.807) is 0 Å². The van der Waals surface area contributed by atoms with Gasteiger partial charge >= 0.3 is 0 Å². The van der Waals surface area contributed by atoms with Crippen LogP contribution in [0.25, 0.3) is 11.0 Å². The molecule has 2 heterocycles. The van der Waals surface area contributed by atoms with Gasteiger partial charge in [0.05, 0.1) is 11.0 Å². The molecule has 0 atom stereocenters. The van der Waals surface area contributed by atoms with Crippen LogP contribution in [0.3, 0.4) is 0 Å². The maximum Gasteiger partial charge on any atom is 0.172 e. The van der Waals surface area contributed by atoms with E-state index in [-0.39, 0.29) is 0 Å². The molecule has 3 aromatic rings. The van der Waals surface area contributed by atoms with E-state index in [0.29, 0.717) is 6.04 Å². The minimum atomic E-state index is 0.534. The highest BCUT2D eigenvalue weighted by molar-refractivity contribution is 6.33. The zero-order chi connectivity index (χ0) is 20.7. The molecule has 0 bridgehead atoms. The summed E-state index contributed by atoms with van der Waals surface area (Å²) in [6, 6.07) is 12.5. The largest absolute Gasteiger partial charge is 0.364 e. The van der Waals surface area contributed by atoms with Gasteiger partial charge < -0.3 is 10.2 Å². The summed E-state index contributed by atoms with van der Waals surface area (Å²) in [5, 5.41) is 5.10. The Balaban J connectivity index is 1.34. The first kappa shape index (κ1) is 19.9. The number of rotatable bonds is 5. The predicted molar refractivity (Wildman–Crippen MR) is 125 cm³/mol. The molecule has 2 fully saturated rings. The molecule has 1 aliphatic carbocycles. The van der Waals surface area contributed by atoms with Crippen molar-refractivity contribution in [3.8, 4) is 0 Å². The number of hydrogen-bond donors (Lipinski definition) is 1. The van der Waals surface area contributed by atoms with Crippen molar-refractivity contribution in [1.82, 2.24) is 14.9 Å². The highest BCUT2D eigenvalue weighted by Gasteiger charge is 2.27. The number of nitrogens with zero attached hydrogens (tertiary/aromatic N) is 4. The van der Waals surface area contributed by atoms with Gasteiger partial charge in [-0.05, 0) is 61.2 Å². The number of piperazine rings is 1. The fourth-order valence-electron chi connectivity index (χ4n) is 3.92. The van der Waals surface area contributed by atoms with E-state index in [9.17, 15) is 0 Å². The topological polar surface area (TPSA) is 44.3 Å². The Morgan fingerprint density at radius 2 is 1.77 bits per heavy atom. The summed E-state index contributed by atoms with van der Waals surface area (Å²) in [6.07, 6.45) is 2.42. The van der Waals surface area contributed by atoms with Gasteiger partial charge in [0.1, 0.15) is 0 Å². The van der Waals surface area contributed by atoms with Crippen molar-refractivity contribution >= 4 is 45.9 Å². The van der Waals surface area contributed by atoms with Gasteiger partial charge in [0.2, 0.25) is 0 Å². The second-order valence-corrected chi connectivity index (χ2v) is 9.15. The van der Waals surface area contributed by atoms with Crippen LogP contribution in [-0.2, 0) is 6.54 Å². The molecule has 2 aliphatic rings. The van der Waals surface area contributed by atoms with Crippen molar-refractivity contribution in [1.29, 1.82) is 0 Å². The fraction of sp³-hybridized carbons (Fsp3) is 0.391. The molecule has 1 saturated heterocycles. The molecule has 0 unspecified atom stereocenters. The first-order chi connectivity index (χ1) is 14.5. The molecule has 1 aliphatic heterocycles. The van der Waals surface area contributed by atoms with Crippen molar-refractivity contribution in [3.05, 3.63) is 57.6 Å². The summed E-state index contributed by atoms with van der Waals surface area (Å²) in [6.45, 7) is 6.60. The zero-order valence-electron chi connectivity index (χ0n) is 17.0. The molecule has 156 valence electrons. The monoisotopic (exact) mass is 441 g/mol. The smallest absolute Gasteiger partial charge is 0.172 e. The maximum absolute atomic E-state index is 6.36. The van der Waals surface area contributed by atoms with Crippen LogP contribution >= 0.6 is 23.2 Å². The van der Waals surface area contributed by atoms with Crippen LogP contribution in [-0.4, -0.2) is 47.1 Å². The van der Waals surface area contributed by atoms with Crippen molar-refractivity contribution in [2.75, 3.05) is 36.4 Å². The molecular formula is C23H25Cl2N5. The van der Waals surface area contributed by atoms with Crippen molar-refractivity contribution < 1.29 is 0 Å². The van der Waals surface area contributed by atoms with Crippen LogP contribution in [0.5, 0.6) is 0 Å². The Morgan fingerprint density at radius 3 is 2.53 bits per heavy atom. The van der Waals surface area contributed by atoms with Crippen LogP contribution in [0, 0.1) is 6.92 Å². The van der Waals surface area contributed by atoms with E-state index >= 15 is 0 Å². The van der Waals surface area contributed by atoms with Crippen LogP contribution in [0.2, 0.25) is 10.0 Å². The summed E-state index contributed by atoms with van der Waals surface area (Å²) in [5.41, 5.74) is 4.19. The molecule has 0 spiro atoms. The van der Waals surface area contributed by atoms with Gasteiger partial charge in [0.25, 0.3) is 0 Å². The Labute approximate surface area is 187 Å². The quantitative estimate of drug-likeness (QED) is 0.593. The van der Waals surface area contributed by atoms with E-state index in [2.05, 4.69) is 40.2 Å². The molecule has 1 aromatic heterocycles. The second kappa shape index (κ2) is 8.22. The molecule has 0 radical (unpaired) electrons. The first-order valence-electron chi connectivity index (χ1n) is 10.5. The molecule has 2 aromatic carbocycles. The molecule has 1 saturated carbocycles. The third-order valence-electron chi connectivity index (χ3n) is 5.79. The van der Waals surface area contributed by atoms with Crippen molar-refractivity contribution in [3.63, 3.8) is 0 Å². The second-order valence-electron chi connectivity index (χ2n) is 8.31. The lowest BCUT2D eigenvalue weighted by Gasteiger charge is -2.36. The van der Waals surface area contributed by atoms with E-state index in [1.807, 2.05) is 18.2 Å². The third kappa shape index (κ3) is 4.34. The van der Waals surface area contributed by atoms with Gasteiger partial charge in [0.15, 0.2) is 11.6 Å². The predicted octanol–water partition coefficient (Wildman–Crippen LogP) is 5.14. The molecule has 1 N–H and O–H groups in total.